The van der Waals surface area contributed by atoms with E-state index in [0.29, 0.717) is 11.6 Å². The van der Waals surface area contributed by atoms with Crippen LogP contribution < -0.4 is 11.1 Å². The summed E-state index contributed by atoms with van der Waals surface area (Å²) in [4.78, 5) is 11.0. The molecule has 0 heterocycles. The number of halogens is 1. The molecule has 1 aromatic carbocycles. The molecule has 0 saturated heterocycles. The summed E-state index contributed by atoms with van der Waals surface area (Å²) in [6, 6.07) is 4.58. The van der Waals surface area contributed by atoms with Crippen molar-refractivity contribution in [3.8, 4) is 0 Å². The highest BCUT2D eigenvalue weighted by Crippen LogP contribution is 2.17. The Morgan fingerprint density at radius 1 is 1.41 bits per heavy atom. The number of carbonyl (C=O) groups excluding carboxylic acids is 1. The summed E-state index contributed by atoms with van der Waals surface area (Å²) < 4.78 is 13.2. The zero-order valence-corrected chi connectivity index (χ0v) is 10.5. The average Bonchev–Trinajstić information content (AvgIpc) is 2.19. The number of carbonyl (C=O) groups is 1. The Morgan fingerprint density at radius 2 is 2.06 bits per heavy atom. The van der Waals surface area contributed by atoms with Gasteiger partial charge in [-0.3, -0.25) is 4.79 Å². The molecule has 0 bridgehead atoms. The summed E-state index contributed by atoms with van der Waals surface area (Å²) in [5.74, 6) is -0.754. The number of primary amides is 1. The van der Waals surface area contributed by atoms with E-state index in [1.54, 1.807) is 6.07 Å². The summed E-state index contributed by atoms with van der Waals surface area (Å²) in [5.41, 5.74) is 5.73. The summed E-state index contributed by atoms with van der Waals surface area (Å²) in [6.07, 6.45) is 1.00. The first-order valence-corrected chi connectivity index (χ1v) is 5.76. The quantitative estimate of drug-likeness (QED) is 0.828. The molecular weight excluding hydrogens is 219 g/mol. The van der Waals surface area contributed by atoms with E-state index in [1.165, 1.54) is 12.1 Å². The van der Waals surface area contributed by atoms with Gasteiger partial charge in [0, 0.05) is 11.7 Å². The third-order valence-electron chi connectivity index (χ3n) is 2.47. The van der Waals surface area contributed by atoms with E-state index in [4.69, 9.17) is 5.73 Å². The third kappa shape index (κ3) is 4.06. The highest BCUT2D eigenvalue weighted by Gasteiger charge is 2.10. The molecule has 0 spiro atoms. The third-order valence-corrected chi connectivity index (χ3v) is 2.47. The number of nitrogens with two attached hydrogens (primary N) is 1. The second-order valence-electron chi connectivity index (χ2n) is 4.73. The molecule has 4 heteroatoms. The lowest BCUT2D eigenvalue weighted by molar-refractivity contribution is 0.0996. The number of hydrogen-bond acceptors (Lipinski definition) is 2. The Kier molecular flexibility index (Phi) is 4.49. The van der Waals surface area contributed by atoms with Crippen molar-refractivity contribution in [2.24, 2.45) is 11.7 Å². The minimum absolute atomic E-state index is 0.0771. The Morgan fingerprint density at radius 3 is 2.59 bits per heavy atom. The molecule has 1 atom stereocenters. The zero-order chi connectivity index (χ0) is 13.0. The van der Waals surface area contributed by atoms with Gasteiger partial charge in [-0.1, -0.05) is 13.8 Å². The molecular formula is C13H19FN2O. The predicted octanol–water partition coefficient (Wildman–Crippen LogP) is 2.77. The summed E-state index contributed by atoms with van der Waals surface area (Å²) >= 11 is 0. The van der Waals surface area contributed by atoms with Crippen LogP contribution in [0.15, 0.2) is 18.2 Å². The van der Waals surface area contributed by atoms with Crippen molar-refractivity contribution in [2.45, 2.75) is 33.2 Å². The fourth-order valence-corrected chi connectivity index (χ4v) is 1.85. The Labute approximate surface area is 101 Å². The maximum absolute atomic E-state index is 13.2. The molecule has 3 N–H and O–H groups in total. The highest BCUT2D eigenvalue weighted by atomic mass is 19.1. The lowest BCUT2D eigenvalue weighted by atomic mass is 10.0. The fraction of sp³-hybridized carbons (Fsp3) is 0.462. The molecule has 17 heavy (non-hydrogen) atoms. The minimum Gasteiger partial charge on any atom is -0.383 e. The Hall–Kier alpha value is -1.58. The lowest BCUT2D eigenvalue weighted by Crippen LogP contribution is -2.19. The van der Waals surface area contributed by atoms with Gasteiger partial charge in [0.05, 0.1) is 5.56 Å². The van der Waals surface area contributed by atoms with Crippen LogP contribution >= 0.6 is 0 Å². The van der Waals surface area contributed by atoms with Crippen LogP contribution in [0.1, 0.15) is 37.6 Å². The molecule has 3 nitrogen and oxygen atoms in total. The summed E-state index contributed by atoms with van der Waals surface area (Å²) in [7, 11) is 0. The number of benzene rings is 1. The van der Waals surface area contributed by atoms with Crippen LogP contribution in [0.5, 0.6) is 0 Å². The number of amides is 1. The maximum atomic E-state index is 13.2. The molecule has 1 amide bonds. The van der Waals surface area contributed by atoms with E-state index >= 15 is 0 Å². The highest BCUT2D eigenvalue weighted by molar-refractivity contribution is 5.94. The summed E-state index contributed by atoms with van der Waals surface area (Å²) in [6.45, 7) is 6.32. The standard InChI is InChI=1S/C13H19FN2O/c1-8(2)6-9(3)16-10-4-5-12(14)11(7-10)13(15)17/h4-5,7-9,16H,6H2,1-3H3,(H2,15,17). The first-order chi connectivity index (χ1) is 7.90. The van der Waals surface area contributed by atoms with Crippen molar-refractivity contribution in [1.82, 2.24) is 0 Å². The van der Waals surface area contributed by atoms with Gasteiger partial charge < -0.3 is 11.1 Å². The molecule has 1 unspecified atom stereocenters. The molecule has 1 aromatic rings. The topological polar surface area (TPSA) is 55.1 Å². The molecule has 1 rings (SSSR count). The molecule has 0 aliphatic heterocycles. The van der Waals surface area contributed by atoms with Crippen molar-refractivity contribution >= 4 is 11.6 Å². The van der Waals surface area contributed by atoms with Crippen LogP contribution in [0.4, 0.5) is 10.1 Å². The van der Waals surface area contributed by atoms with Gasteiger partial charge in [-0.2, -0.15) is 0 Å². The molecule has 0 radical (unpaired) electrons. The van der Waals surface area contributed by atoms with E-state index in [9.17, 15) is 9.18 Å². The lowest BCUT2D eigenvalue weighted by Gasteiger charge is -2.17. The Balaban J connectivity index is 2.79. The van der Waals surface area contributed by atoms with Gasteiger partial charge >= 0.3 is 0 Å². The maximum Gasteiger partial charge on any atom is 0.251 e. The molecule has 0 aliphatic carbocycles. The van der Waals surface area contributed by atoms with Gasteiger partial charge in [0.1, 0.15) is 5.82 Å². The van der Waals surface area contributed by atoms with Crippen LogP contribution in [0.2, 0.25) is 0 Å². The van der Waals surface area contributed by atoms with E-state index < -0.39 is 11.7 Å². The first kappa shape index (κ1) is 13.5. The monoisotopic (exact) mass is 238 g/mol. The first-order valence-electron chi connectivity index (χ1n) is 5.76. The van der Waals surface area contributed by atoms with E-state index in [2.05, 4.69) is 19.2 Å². The SMILES string of the molecule is CC(C)CC(C)Nc1ccc(F)c(C(N)=O)c1. The van der Waals surface area contributed by atoms with Crippen LogP contribution in [-0.4, -0.2) is 11.9 Å². The van der Waals surface area contributed by atoms with Crippen molar-refractivity contribution in [1.29, 1.82) is 0 Å². The van der Waals surface area contributed by atoms with Crippen LogP contribution in [-0.2, 0) is 0 Å². The van der Waals surface area contributed by atoms with Crippen LogP contribution in [0.3, 0.4) is 0 Å². The second-order valence-corrected chi connectivity index (χ2v) is 4.73. The smallest absolute Gasteiger partial charge is 0.251 e. The van der Waals surface area contributed by atoms with Gasteiger partial charge in [0.15, 0.2) is 0 Å². The fourth-order valence-electron chi connectivity index (χ4n) is 1.85. The number of hydrogen-bond donors (Lipinski definition) is 2. The largest absolute Gasteiger partial charge is 0.383 e. The molecule has 94 valence electrons. The zero-order valence-electron chi connectivity index (χ0n) is 10.5. The van der Waals surface area contributed by atoms with Crippen molar-refractivity contribution in [3.05, 3.63) is 29.6 Å². The van der Waals surface area contributed by atoms with Gasteiger partial charge in [-0.25, -0.2) is 4.39 Å². The average molecular weight is 238 g/mol. The second kappa shape index (κ2) is 5.66. The number of anilines is 1. The Bertz CT molecular complexity index is 404. The van der Waals surface area contributed by atoms with Gasteiger partial charge in [-0.15, -0.1) is 0 Å². The van der Waals surface area contributed by atoms with Crippen molar-refractivity contribution < 1.29 is 9.18 Å². The molecule has 0 saturated carbocycles. The number of rotatable bonds is 5. The van der Waals surface area contributed by atoms with E-state index in [1.807, 2.05) is 6.92 Å². The molecule has 0 aliphatic rings. The van der Waals surface area contributed by atoms with Crippen LogP contribution in [0.25, 0.3) is 0 Å². The summed E-state index contributed by atoms with van der Waals surface area (Å²) in [5, 5.41) is 3.22. The number of nitrogens with one attached hydrogen (secondary N) is 1. The minimum atomic E-state index is -0.748. The van der Waals surface area contributed by atoms with Gasteiger partial charge in [0.2, 0.25) is 0 Å². The normalized spacial score (nSPS) is 12.5. The van der Waals surface area contributed by atoms with Crippen LogP contribution in [0, 0.1) is 11.7 Å². The van der Waals surface area contributed by atoms with Crippen molar-refractivity contribution in [3.63, 3.8) is 0 Å². The molecule has 0 aromatic heterocycles. The van der Waals surface area contributed by atoms with E-state index in [0.717, 1.165) is 6.42 Å². The predicted molar refractivity (Wildman–Crippen MR) is 67.5 cm³/mol. The van der Waals surface area contributed by atoms with Gasteiger partial charge in [-0.05, 0) is 37.5 Å². The van der Waals surface area contributed by atoms with Gasteiger partial charge in [0.25, 0.3) is 5.91 Å². The van der Waals surface area contributed by atoms with Crippen molar-refractivity contribution in [2.75, 3.05) is 5.32 Å². The molecule has 0 fully saturated rings. The van der Waals surface area contributed by atoms with E-state index in [-0.39, 0.29) is 11.6 Å².